The molecule has 1 heterocycles. The second-order valence-corrected chi connectivity index (χ2v) is 5.36. The zero-order valence-corrected chi connectivity index (χ0v) is 13.7. The Morgan fingerprint density at radius 1 is 1.30 bits per heavy atom. The fourth-order valence-corrected chi connectivity index (χ4v) is 2.31. The third-order valence-corrected chi connectivity index (χ3v) is 3.56. The van der Waals surface area contributed by atoms with E-state index in [0.29, 0.717) is 26.4 Å². The minimum Gasteiger partial charge on any atom is -0.491 e. The summed E-state index contributed by atoms with van der Waals surface area (Å²) in [5.41, 5.74) is 0.884. The lowest BCUT2D eigenvalue weighted by Crippen LogP contribution is -2.35. The Kier molecular flexibility index (Phi) is 7.69. The number of amides is 1. The van der Waals surface area contributed by atoms with Crippen LogP contribution in [0.25, 0.3) is 0 Å². The number of carbonyl (C=O) groups excluding carboxylic acids is 1. The van der Waals surface area contributed by atoms with Crippen molar-refractivity contribution < 1.29 is 19.0 Å². The van der Waals surface area contributed by atoms with Crippen molar-refractivity contribution in [2.75, 3.05) is 44.8 Å². The molecule has 1 unspecified atom stereocenters. The molecule has 128 valence electrons. The average molecular weight is 322 g/mol. The summed E-state index contributed by atoms with van der Waals surface area (Å²) >= 11 is 0. The van der Waals surface area contributed by atoms with Gasteiger partial charge in [0.25, 0.3) is 0 Å². The Morgan fingerprint density at radius 2 is 2.13 bits per heavy atom. The molecule has 1 fully saturated rings. The van der Waals surface area contributed by atoms with E-state index in [4.69, 9.17) is 14.2 Å². The summed E-state index contributed by atoms with van der Waals surface area (Å²) in [6.45, 7) is 5.41. The van der Waals surface area contributed by atoms with Crippen LogP contribution in [0.2, 0.25) is 0 Å². The van der Waals surface area contributed by atoms with E-state index in [1.165, 1.54) is 0 Å². The third kappa shape index (κ3) is 6.88. The van der Waals surface area contributed by atoms with Crippen LogP contribution in [0.5, 0.6) is 5.75 Å². The van der Waals surface area contributed by atoms with E-state index >= 15 is 0 Å². The molecular formula is C17H26N2O4. The first kappa shape index (κ1) is 17.6. The summed E-state index contributed by atoms with van der Waals surface area (Å²) in [5.74, 6) is 0.760. The van der Waals surface area contributed by atoms with Crippen molar-refractivity contribution >= 4 is 11.6 Å². The van der Waals surface area contributed by atoms with Gasteiger partial charge in [-0.1, -0.05) is 0 Å². The molecule has 0 radical (unpaired) electrons. The molecule has 6 nitrogen and oxygen atoms in total. The van der Waals surface area contributed by atoms with Crippen LogP contribution < -0.4 is 15.4 Å². The van der Waals surface area contributed by atoms with Gasteiger partial charge < -0.3 is 24.8 Å². The summed E-state index contributed by atoms with van der Waals surface area (Å²) in [7, 11) is 0. The Hall–Kier alpha value is -1.79. The van der Waals surface area contributed by atoms with Crippen LogP contribution in [-0.4, -0.2) is 51.5 Å². The van der Waals surface area contributed by atoms with Crippen molar-refractivity contribution in [2.24, 2.45) is 0 Å². The zero-order chi connectivity index (χ0) is 16.3. The van der Waals surface area contributed by atoms with Gasteiger partial charge in [0.15, 0.2) is 0 Å². The van der Waals surface area contributed by atoms with Crippen molar-refractivity contribution in [1.82, 2.24) is 5.32 Å². The van der Waals surface area contributed by atoms with Crippen molar-refractivity contribution in [2.45, 2.75) is 25.9 Å². The van der Waals surface area contributed by atoms with Crippen LogP contribution in [0.4, 0.5) is 5.69 Å². The Balaban J connectivity index is 1.61. The number of hydrogen-bond donors (Lipinski definition) is 2. The smallest absolute Gasteiger partial charge is 0.239 e. The standard InChI is InChI=1S/C17H26N2O4/c1-2-21-10-11-23-15-7-5-14(6-8-15)18-13-17(20)19-12-16-4-3-9-22-16/h5-8,16,18H,2-4,9-13H2,1H3,(H,19,20). The summed E-state index contributed by atoms with van der Waals surface area (Å²) in [6, 6.07) is 7.53. The molecule has 23 heavy (non-hydrogen) atoms. The molecule has 2 N–H and O–H groups in total. The normalized spacial score (nSPS) is 17.0. The SMILES string of the molecule is CCOCCOc1ccc(NCC(=O)NCC2CCCO2)cc1. The van der Waals surface area contributed by atoms with Crippen molar-refractivity contribution in [3.63, 3.8) is 0 Å². The summed E-state index contributed by atoms with van der Waals surface area (Å²) in [6.07, 6.45) is 2.28. The van der Waals surface area contributed by atoms with Gasteiger partial charge in [0, 0.05) is 25.4 Å². The number of hydrogen-bond acceptors (Lipinski definition) is 5. The summed E-state index contributed by atoms with van der Waals surface area (Å²) < 4.78 is 16.2. The molecule has 1 atom stereocenters. The van der Waals surface area contributed by atoms with Gasteiger partial charge >= 0.3 is 0 Å². The van der Waals surface area contributed by atoms with Gasteiger partial charge in [0.1, 0.15) is 12.4 Å². The lowest BCUT2D eigenvalue weighted by molar-refractivity contribution is -0.119. The Morgan fingerprint density at radius 3 is 2.83 bits per heavy atom. The van der Waals surface area contributed by atoms with Crippen LogP contribution in [0, 0.1) is 0 Å². The fourth-order valence-electron chi connectivity index (χ4n) is 2.31. The van der Waals surface area contributed by atoms with Crippen molar-refractivity contribution in [3.8, 4) is 5.75 Å². The number of carbonyl (C=O) groups is 1. The largest absolute Gasteiger partial charge is 0.491 e. The van der Waals surface area contributed by atoms with Crippen molar-refractivity contribution in [1.29, 1.82) is 0 Å². The predicted molar refractivity (Wildman–Crippen MR) is 88.9 cm³/mol. The molecule has 0 aliphatic carbocycles. The summed E-state index contributed by atoms with van der Waals surface area (Å²) in [5, 5.41) is 5.97. The molecular weight excluding hydrogens is 296 g/mol. The molecule has 1 saturated heterocycles. The highest BCUT2D eigenvalue weighted by molar-refractivity contribution is 5.80. The van der Waals surface area contributed by atoms with Crippen LogP contribution in [0.15, 0.2) is 24.3 Å². The third-order valence-electron chi connectivity index (χ3n) is 3.56. The second-order valence-electron chi connectivity index (χ2n) is 5.36. The molecule has 6 heteroatoms. The topological polar surface area (TPSA) is 68.8 Å². The second kappa shape index (κ2) is 10.1. The van der Waals surface area contributed by atoms with Gasteiger partial charge in [-0.05, 0) is 44.0 Å². The van der Waals surface area contributed by atoms with Crippen LogP contribution in [0.1, 0.15) is 19.8 Å². The lowest BCUT2D eigenvalue weighted by Gasteiger charge is -2.12. The minimum absolute atomic E-state index is 0.0301. The number of benzene rings is 1. The molecule has 0 saturated carbocycles. The minimum atomic E-state index is -0.0301. The van der Waals surface area contributed by atoms with E-state index in [2.05, 4.69) is 10.6 Å². The quantitative estimate of drug-likeness (QED) is 0.643. The molecule has 1 amide bonds. The molecule has 0 aromatic heterocycles. The lowest BCUT2D eigenvalue weighted by atomic mass is 10.2. The molecule has 0 bridgehead atoms. The van der Waals surface area contributed by atoms with Gasteiger partial charge in [-0.3, -0.25) is 4.79 Å². The van der Waals surface area contributed by atoms with Crippen LogP contribution >= 0.6 is 0 Å². The maximum absolute atomic E-state index is 11.8. The number of rotatable bonds is 10. The molecule has 0 spiro atoms. The maximum atomic E-state index is 11.8. The van der Waals surface area contributed by atoms with E-state index < -0.39 is 0 Å². The van der Waals surface area contributed by atoms with E-state index in [1.807, 2.05) is 31.2 Å². The Bertz CT molecular complexity index is 458. The average Bonchev–Trinajstić information content (AvgIpc) is 3.09. The highest BCUT2D eigenvalue weighted by Gasteiger charge is 2.15. The van der Waals surface area contributed by atoms with Crippen molar-refractivity contribution in [3.05, 3.63) is 24.3 Å². The van der Waals surface area contributed by atoms with E-state index in [9.17, 15) is 4.79 Å². The van der Waals surface area contributed by atoms with E-state index in [0.717, 1.165) is 30.9 Å². The molecule has 1 aliphatic heterocycles. The molecule has 1 aliphatic rings. The first-order valence-electron chi connectivity index (χ1n) is 8.20. The first-order valence-corrected chi connectivity index (χ1v) is 8.20. The van der Waals surface area contributed by atoms with Gasteiger partial charge in [-0.15, -0.1) is 0 Å². The zero-order valence-electron chi connectivity index (χ0n) is 13.7. The van der Waals surface area contributed by atoms with E-state index in [1.54, 1.807) is 0 Å². The molecule has 1 aromatic carbocycles. The predicted octanol–water partition coefficient (Wildman–Crippen LogP) is 1.81. The Labute approximate surface area is 137 Å². The van der Waals surface area contributed by atoms with Crippen LogP contribution in [-0.2, 0) is 14.3 Å². The number of ether oxygens (including phenoxy) is 3. The monoisotopic (exact) mass is 322 g/mol. The number of nitrogens with one attached hydrogen (secondary N) is 2. The summed E-state index contributed by atoms with van der Waals surface area (Å²) in [4.78, 5) is 11.8. The fraction of sp³-hybridized carbons (Fsp3) is 0.588. The highest BCUT2D eigenvalue weighted by atomic mass is 16.5. The molecule has 1 aromatic rings. The molecule has 2 rings (SSSR count). The van der Waals surface area contributed by atoms with E-state index in [-0.39, 0.29) is 18.6 Å². The van der Waals surface area contributed by atoms with Gasteiger partial charge in [-0.2, -0.15) is 0 Å². The van der Waals surface area contributed by atoms with Crippen LogP contribution in [0.3, 0.4) is 0 Å². The highest BCUT2D eigenvalue weighted by Crippen LogP contribution is 2.15. The van der Waals surface area contributed by atoms with Gasteiger partial charge in [0.05, 0.1) is 19.3 Å². The first-order chi connectivity index (χ1) is 11.3. The number of anilines is 1. The maximum Gasteiger partial charge on any atom is 0.239 e. The van der Waals surface area contributed by atoms with Gasteiger partial charge in [-0.25, -0.2) is 0 Å². The van der Waals surface area contributed by atoms with Gasteiger partial charge in [0.2, 0.25) is 5.91 Å².